The molecule has 6 nitrogen and oxygen atoms in total. The van der Waals surface area contributed by atoms with Gasteiger partial charge in [0.15, 0.2) is 0 Å². The maximum Gasteiger partial charge on any atom is 0.317 e. The normalized spacial score (nSPS) is 21.0. The molecule has 0 spiro atoms. The van der Waals surface area contributed by atoms with Gasteiger partial charge >= 0.3 is 6.03 Å². The van der Waals surface area contributed by atoms with Crippen molar-refractivity contribution in [3.05, 3.63) is 36.0 Å². The van der Waals surface area contributed by atoms with Crippen LogP contribution in [0.3, 0.4) is 0 Å². The molecule has 2 saturated heterocycles. The lowest BCUT2D eigenvalue weighted by Gasteiger charge is -2.37. The Morgan fingerprint density at radius 1 is 1.28 bits per heavy atom. The van der Waals surface area contributed by atoms with Crippen molar-refractivity contribution in [3.63, 3.8) is 0 Å². The number of fused-ring (bicyclic) bond motifs is 1. The van der Waals surface area contributed by atoms with E-state index < -0.39 is 0 Å². The number of urea groups is 1. The maximum absolute atomic E-state index is 12.9. The van der Waals surface area contributed by atoms with E-state index in [9.17, 15) is 9.59 Å². The molecular weight excluding hydrogens is 316 g/mol. The number of carbonyl (C=O) groups is 2. The summed E-state index contributed by atoms with van der Waals surface area (Å²) >= 11 is 0. The van der Waals surface area contributed by atoms with Crippen molar-refractivity contribution in [3.8, 4) is 0 Å². The largest absolute Gasteiger partial charge is 0.350 e. The summed E-state index contributed by atoms with van der Waals surface area (Å²) < 4.78 is 2.07. The van der Waals surface area contributed by atoms with Gasteiger partial charge in [0.1, 0.15) is 0 Å². The number of amides is 3. The maximum atomic E-state index is 12.9. The van der Waals surface area contributed by atoms with Crippen LogP contribution in [0.5, 0.6) is 0 Å². The van der Waals surface area contributed by atoms with Crippen LogP contribution in [0.1, 0.15) is 18.4 Å². The van der Waals surface area contributed by atoms with Crippen molar-refractivity contribution in [1.29, 1.82) is 0 Å². The molecule has 1 N–H and O–H groups in total. The number of hydrogen-bond donors (Lipinski definition) is 1. The van der Waals surface area contributed by atoms with Crippen LogP contribution in [0.2, 0.25) is 0 Å². The highest BCUT2D eigenvalue weighted by atomic mass is 16.2. The van der Waals surface area contributed by atoms with Crippen LogP contribution in [0, 0.1) is 0 Å². The van der Waals surface area contributed by atoms with Gasteiger partial charge in [-0.2, -0.15) is 0 Å². The van der Waals surface area contributed by atoms with E-state index >= 15 is 0 Å². The fraction of sp³-hybridized carbons (Fsp3) is 0.474. The van der Waals surface area contributed by atoms with E-state index in [4.69, 9.17) is 0 Å². The predicted octanol–water partition coefficient (Wildman–Crippen LogP) is 1.74. The van der Waals surface area contributed by atoms with E-state index in [-0.39, 0.29) is 18.0 Å². The third-order valence-corrected chi connectivity index (χ3v) is 5.40. The van der Waals surface area contributed by atoms with E-state index in [0.717, 1.165) is 42.4 Å². The Hall–Kier alpha value is -2.50. The van der Waals surface area contributed by atoms with Crippen molar-refractivity contribution in [1.82, 2.24) is 19.7 Å². The van der Waals surface area contributed by atoms with Crippen LogP contribution in [0.15, 0.2) is 30.5 Å². The standard InChI is InChI=1S/C19H24N4O2/c1-21-12-14(16-6-2-3-7-17(16)21)11-18(24)22-9-4-5-15(13-22)23-10-8-20-19(23)25/h2-3,6-7,12,15H,4-5,8-11,13H2,1H3,(H,20,25). The topological polar surface area (TPSA) is 57.6 Å². The molecule has 2 aliphatic rings. The van der Waals surface area contributed by atoms with Gasteiger partial charge in [-0.05, 0) is 24.5 Å². The summed E-state index contributed by atoms with van der Waals surface area (Å²) in [5.74, 6) is 0.153. The van der Waals surface area contributed by atoms with Gasteiger partial charge in [-0.25, -0.2) is 4.79 Å². The number of nitrogens with one attached hydrogen (secondary N) is 1. The number of nitrogens with zero attached hydrogens (tertiary/aromatic N) is 3. The van der Waals surface area contributed by atoms with Crippen molar-refractivity contribution < 1.29 is 9.59 Å². The second-order valence-electron chi connectivity index (χ2n) is 7.02. The average molecular weight is 340 g/mol. The number of piperidine rings is 1. The summed E-state index contributed by atoms with van der Waals surface area (Å²) in [5.41, 5.74) is 2.22. The van der Waals surface area contributed by atoms with Gasteiger partial charge in [-0.3, -0.25) is 4.79 Å². The Kier molecular flexibility index (Phi) is 4.11. The summed E-state index contributed by atoms with van der Waals surface area (Å²) in [6, 6.07) is 8.34. The first-order valence-corrected chi connectivity index (χ1v) is 8.98. The lowest BCUT2D eigenvalue weighted by molar-refractivity contribution is -0.132. The van der Waals surface area contributed by atoms with Crippen LogP contribution in [-0.4, -0.2) is 58.5 Å². The van der Waals surface area contributed by atoms with Crippen LogP contribution >= 0.6 is 0 Å². The smallest absolute Gasteiger partial charge is 0.317 e. The number of rotatable bonds is 3. The SMILES string of the molecule is Cn1cc(CC(=O)N2CCCC(N3CCNC3=O)C2)c2ccccc21. The number of para-hydroxylation sites is 1. The zero-order chi connectivity index (χ0) is 17.4. The average Bonchev–Trinajstić information content (AvgIpc) is 3.19. The first kappa shape index (κ1) is 16.0. The molecule has 1 unspecified atom stereocenters. The minimum absolute atomic E-state index is 0.00773. The Morgan fingerprint density at radius 2 is 2.12 bits per heavy atom. The lowest BCUT2D eigenvalue weighted by atomic mass is 10.0. The van der Waals surface area contributed by atoms with Crippen molar-refractivity contribution >= 4 is 22.8 Å². The van der Waals surface area contributed by atoms with Gasteiger partial charge in [0.2, 0.25) is 5.91 Å². The number of carbonyl (C=O) groups excluding carboxylic acids is 2. The first-order chi connectivity index (χ1) is 12.1. The Balaban J connectivity index is 1.47. The van der Waals surface area contributed by atoms with E-state index in [1.54, 1.807) is 0 Å². The molecule has 3 amide bonds. The molecular formula is C19H24N4O2. The highest BCUT2D eigenvalue weighted by Gasteiger charge is 2.32. The Labute approximate surface area is 147 Å². The second-order valence-corrected chi connectivity index (χ2v) is 7.02. The molecule has 1 aromatic heterocycles. The summed E-state index contributed by atoms with van der Waals surface area (Å²) in [6.07, 6.45) is 4.40. The second kappa shape index (κ2) is 6.43. The van der Waals surface area contributed by atoms with E-state index in [0.29, 0.717) is 19.5 Å². The van der Waals surface area contributed by atoms with Crippen molar-refractivity contribution in [2.75, 3.05) is 26.2 Å². The third-order valence-electron chi connectivity index (χ3n) is 5.40. The predicted molar refractivity (Wildman–Crippen MR) is 96.3 cm³/mol. The van der Waals surface area contributed by atoms with Gasteiger partial charge in [-0.15, -0.1) is 0 Å². The molecule has 0 radical (unpaired) electrons. The summed E-state index contributed by atoms with van der Waals surface area (Å²) in [6.45, 7) is 2.89. The van der Waals surface area contributed by atoms with Gasteiger partial charge < -0.3 is 19.7 Å². The fourth-order valence-corrected chi connectivity index (χ4v) is 4.11. The molecule has 2 aliphatic heterocycles. The van der Waals surface area contributed by atoms with Crippen LogP contribution < -0.4 is 5.32 Å². The van der Waals surface area contributed by atoms with Crippen molar-refractivity contribution in [2.24, 2.45) is 7.05 Å². The minimum Gasteiger partial charge on any atom is -0.350 e. The quantitative estimate of drug-likeness (QED) is 0.925. The lowest BCUT2D eigenvalue weighted by Crippen LogP contribution is -2.51. The van der Waals surface area contributed by atoms with Gasteiger partial charge in [-0.1, -0.05) is 18.2 Å². The molecule has 3 heterocycles. The Bertz CT molecular complexity index is 813. The van der Waals surface area contributed by atoms with Gasteiger partial charge in [0.05, 0.1) is 12.5 Å². The minimum atomic E-state index is 0.00773. The zero-order valence-corrected chi connectivity index (χ0v) is 14.6. The molecule has 25 heavy (non-hydrogen) atoms. The van der Waals surface area contributed by atoms with E-state index in [2.05, 4.69) is 28.2 Å². The first-order valence-electron chi connectivity index (χ1n) is 8.98. The van der Waals surface area contributed by atoms with Crippen LogP contribution in [-0.2, 0) is 18.3 Å². The Morgan fingerprint density at radius 3 is 2.92 bits per heavy atom. The fourth-order valence-electron chi connectivity index (χ4n) is 4.11. The van der Waals surface area contributed by atoms with Crippen molar-refractivity contribution in [2.45, 2.75) is 25.3 Å². The highest BCUT2D eigenvalue weighted by molar-refractivity contribution is 5.89. The summed E-state index contributed by atoms with van der Waals surface area (Å²) in [5, 5.41) is 4.00. The number of aryl methyl sites for hydroxylation is 1. The number of likely N-dealkylation sites (tertiary alicyclic amines) is 1. The third kappa shape index (κ3) is 2.97. The van der Waals surface area contributed by atoms with Crippen LogP contribution in [0.25, 0.3) is 10.9 Å². The molecule has 2 aromatic rings. The molecule has 0 bridgehead atoms. The molecule has 1 atom stereocenters. The summed E-state index contributed by atoms with van der Waals surface area (Å²) in [4.78, 5) is 28.6. The summed E-state index contributed by atoms with van der Waals surface area (Å²) in [7, 11) is 2.01. The van der Waals surface area contributed by atoms with Gasteiger partial charge in [0, 0.05) is 50.3 Å². The van der Waals surface area contributed by atoms with E-state index in [1.807, 2.05) is 29.0 Å². The monoisotopic (exact) mass is 340 g/mol. The number of benzene rings is 1. The zero-order valence-electron chi connectivity index (χ0n) is 14.6. The molecule has 0 saturated carbocycles. The van der Waals surface area contributed by atoms with Gasteiger partial charge in [0.25, 0.3) is 0 Å². The molecule has 132 valence electrons. The molecule has 0 aliphatic carbocycles. The molecule has 4 rings (SSSR count). The number of aromatic nitrogens is 1. The highest BCUT2D eigenvalue weighted by Crippen LogP contribution is 2.23. The molecule has 2 fully saturated rings. The van der Waals surface area contributed by atoms with Crippen LogP contribution in [0.4, 0.5) is 4.79 Å². The van der Waals surface area contributed by atoms with E-state index in [1.165, 1.54) is 0 Å². The molecule has 1 aromatic carbocycles. The molecule has 6 heteroatoms. The number of hydrogen-bond acceptors (Lipinski definition) is 2.